The highest BCUT2D eigenvalue weighted by Crippen LogP contribution is 2.28. The van der Waals surface area contributed by atoms with E-state index in [-0.39, 0.29) is 11.8 Å². The van der Waals surface area contributed by atoms with E-state index in [1.165, 1.54) is 6.08 Å². The number of amides is 2. The summed E-state index contributed by atoms with van der Waals surface area (Å²) in [6, 6.07) is 10.3. The van der Waals surface area contributed by atoms with Crippen molar-refractivity contribution in [1.29, 1.82) is 0 Å². The molecule has 0 bridgehead atoms. The van der Waals surface area contributed by atoms with Crippen LogP contribution in [0.4, 0.5) is 5.69 Å². The van der Waals surface area contributed by atoms with Crippen LogP contribution in [0.1, 0.15) is 35.2 Å². The minimum absolute atomic E-state index is 0.0921. The number of benzene rings is 2. The van der Waals surface area contributed by atoms with E-state index in [0.29, 0.717) is 27.8 Å². The van der Waals surface area contributed by atoms with Crippen LogP contribution in [0, 0.1) is 0 Å². The van der Waals surface area contributed by atoms with Gasteiger partial charge >= 0.3 is 0 Å². The standard InChI is InChI=1S/C23H25ClN2O4/c1-29-20-10-6-16(14-21(20)30-2)7-11-22(27)25-19-15-17(24)8-9-18(19)23(28)26-12-4-3-5-13-26/h6-11,14-15H,3-5,12-13H2,1-2H3,(H,25,27)/b11-7+. The number of nitrogens with zero attached hydrogens (tertiary/aromatic N) is 1. The molecule has 0 radical (unpaired) electrons. The third kappa shape index (κ3) is 5.33. The lowest BCUT2D eigenvalue weighted by Crippen LogP contribution is -2.36. The fourth-order valence-corrected chi connectivity index (χ4v) is 3.55. The minimum atomic E-state index is -0.361. The van der Waals surface area contributed by atoms with Crippen molar-refractivity contribution in [2.75, 3.05) is 32.6 Å². The first kappa shape index (κ1) is 21.7. The van der Waals surface area contributed by atoms with E-state index in [1.807, 2.05) is 11.0 Å². The molecule has 2 amide bonds. The van der Waals surface area contributed by atoms with Gasteiger partial charge in [0.05, 0.1) is 25.5 Å². The van der Waals surface area contributed by atoms with Crippen molar-refractivity contribution in [3.63, 3.8) is 0 Å². The van der Waals surface area contributed by atoms with Gasteiger partial charge in [0, 0.05) is 24.2 Å². The van der Waals surface area contributed by atoms with Gasteiger partial charge in [0.1, 0.15) is 0 Å². The summed E-state index contributed by atoms with van der Waals surface area (Å²) in [7, 11) is 3.12. The number of methoxy groups -OCH3 is 2. The Hall–Kier alpha value is -2.99. The van der Waals surface area contributed by atoms with Crippen LogP contribution in [0.3, 0.4) is 0 Å². The second-order valence-electron chi connectivity index (χ2n) is 6.98. The van der Waals surface area contributed by atoms with Crippen LogP contribution in [0.25, 0.3) is 6.08 Å². The SMILES string of the molecule is COc1ccc(/C=C/C(=O)Nc2cc(Cl)ccc2C(=O)N2CCCCC2)cc1OC. The lowest BCUT2D eigenvalue weighted by atomic mass is 10.1. The smallest absolute Gasteiger partial charge is 0.255 e. The van der Waals surface area contributed by atoms with Crippen LogP contribution in [-0.2, 0) is 4.79 Å². The summed E-state index contributed by atoms with van der Waals surface area (Å²) in [5.41, 5.74) is 1.62. The maximum absolute atomic E-state index is 12.9. The second kappa shape index (κ2) is 10.2. The Morgan fingerprint density at radius 2 is 1.73 bits per heavy atom. The number of hydrogen-bond acceptors (Lipinski definition) is 4. The Bertz CT molecular complexity index is 952. The summed E-state index contributed by atoms with van der Waals surface area (Å²) in [5, 5.41) is 3.23. The van der Waals surface area contributed by atoms with Crippen LogP contribution < -0.4 is 14.8 Å². The maximum atomic E-state index is 12.9. The van der Waals surface area contributed by atoms with Crippen LogP contribution in [0.5, 0.6) is 11.5 Å². The Kier molecular flexibility index (Phi) is 7.36. The van der Waals surface area contributed by atoms with Gasteiger partial charge in [-0.25, -0.2) is 0 Å². The Morgan fingerprint density at radius 1 is 1.00 bits per heavy atom. The van der Waals surface area contributed by atoms with Gasteiger partial charge in [-0.3, -0.25) is 9.59 Å². The van der Waals surface area contributed by atoms with Crippen LogP contribution in [0.15, 0.2) is 42.5 Å². The molecule has 158 valence electrons. The zero-order valence-corrected chi connectivity index (χ0v) is 17.9. The largest absolute Gasteiger partial charge is 0.493 e. The highest BCUT2D eigenvalue weighted by atomic mass is 35.5. The molecule has 6 nitrogen and oxygen atoms in total. The molecule has 7 heteroatoms. The number of nitrogens with one attached hydrogen (secondary N) is 1. The monoisotopic (exact) mass is 428 g/mol. The number of ether oxygens (including phenoxy) is 2. The quantitative estimate of drug-likeness (QED) is 0.681. The molecule has 30 heavy (non-hydrogen) atoms. The molecular weight excluding hydrogens is 404 g/mol. The fourth-order valence-electron chi connectivity index (χ4n) is 3.38. The van der Waals surface area contributed by atoms with E-state index in [1.54, 1.807) is 50.6 Å². The molecule has 1 N–H and O–H groups in total. The van der Waals surface area contributed by atoms with Crippen molar-refractivity contribution in [1.82, 2.24) is 4.90 Å². The van der Waals surface area contributed by atoms with Gasteiger partial charge in [-0.2, -0.15) is 0 Å². The van der Waals surface area contributed by atoms with E-state index < -0.39 is 0 Å². The second-order valence-corrected chi connectivity index (χ2v) is 7.42. The van der Waals surface area contributed by atoms with Gasteiger partial charge in [0.25, 0.3) is 5.91 Å². The van der Waals surface area contributed by atoms with E-state index in [9.17, 15) is 9.59 Å². The zero-order valence-electron chi connectivity index (χ0n) is 17.1. The van der Waals surface area contributed by atoms with Gasteiger partial charge in [-0.15, -0.1) is 0 Å². The van der Waals surface area contributed by atoms with Crippen LogP contribution in [0.2, 0.25) is 5.02 Å². The average Bonchev–Trinajstić information content (AvgIpc) is 2.77. The van der Waals surface area contributed by atoms with E-state index >= 15 is 0 Å². The highest BCUT2D eigenvalue weighted by Gasteiger charge is 2.21. The van der Waals surface area contributed by atoms with Gasteiger partial charge in [0.15, 0.2) is 11.5 Å². The van der Waals surface area contributed by atoms with Gasteiger partial charge in [0.2, 0.25) is 5.91 Å². The molecule has 1 fully saturated rings. The summed E-state index contributed by atoms with van der Waals surface area (Å²) >= 11 is 6.11. The molecule has 0 spiro atoms. The predicted octanol–water partition coefficient (Wildman–Crippen LogP) is 4.64. The van der Waals surface area contributed by atoms with Crippen molar-refractivity contribution in [3.8, 4) is 11.5 Å². The third-order valence-corrected chi connectivity index (χ3v) is 5.18. The van der Waals surface area contributed by atoms with Gasteiger partial charge in [-0.05, 0) is 61.2 Å². The summed E-state index contributed by atoms with van der Waals surface area (Å²) < 4.78 is 10.5. The first-order valence-corrected chi connectivity index (χ1v) is 10.2. The molecule has 0 saturated carbocycles. The number of likely N-dealkylation sites (tertiary alicyclic amines) is 1. The predicted molar refractivity (Wildman–Crippen MR) is 118 cm³/mol. The molecule has 0 aromatic heterocycles. The van der Waals surface area contributed by atoms with Crippen molar-refractivity contribution in [2.45, 2.75) is 19.3 Å². The number of piperidine rings is 1. The van der Waals surface area contributed by atoms with Crippen molar-refractivity contribution < 1.29 is 19.1 Å². The number of carbonyl (C=O) groups is 2. The molecule has 3 rings (SSSR count). The molecular formula is C23H25ClN2O4. The Morgan fingerprint density at radius 3 is 2.43 bits per heavy atom. The molecule has 1 heterocycles. The molecule has 0 atom stereocenters. The number of carbonyl (C=O) groups excluding carboxylic acids is 2. The Labute approximate surface area is 181 Å². The highest BCUT2D eigenvalue weighted by molar-refractivity contribution is 6.31. The number of halogens is 1. The Balaban J connectivity index is 1.75. The van der Waals surface area contributed by atoms with Crippen LogP contribution >= 0.6 is 11.6 Å². The molecule has 0 aliphatic carbocycles. The normalized spacial score (nSPS) is 13.9. The molecule has 1 aliphatic rings. The molecule has 2 aromatic carbocycles. The third-order valence-electron chi connectivity index (χ3n) is 4.95. The average molecular weight is 429 g/mol. The summed E-state index contributed by atoms with van der Waals surface area (Å²) in [5.74, 6) is 0.730. The molecule has 1 saturated heterocycles. The van der Waals surface area contributed by atoms with E-state index in [4.69, 9.17) is 21.1 Å². The number of anilines is 1. The van der Waals surface area contributed by atoms with Gasteiger partial charge < -0.3 is 19.7 Å². The maximum Gasteiger partial charge on any atom is 0.255 e. The first-order chi connectivity index (χ1) is 14.5. The van der Waals surface area contributed by atoms with Crippen molar-refractivity contribution in [2.24, 2.45) is 0 Å². The molecule has 2 aromatic rings. The number of hydrogen-bond donors (Lipinski definition) is 1. The lowest BCUT2D eigenvalue weighted by Gasteiger charge is -2.27. The van der Waals surface area contributed by atoms with E-state index in [0.717, 1.165) is 37.9 Å². The van der Waals surface area contributed by atoms with Crippen molar-refractivity contribution in [3.05, 3.63) is 58.6 Å². The molecule has 1 aliphatic heterocycles. The lowest BCUT2D eigenvalue weighted by molar-refractivity contribution is -0.111. The topological polar surface area (TPSA) is 67.9 Å². The number of rotatable bonds is 6. The summed E-state index contributed by atoms with van der Waals surface area (Å²) in [6.45, 7) is 1.46. The summed E-state index contributed by atoms with van der Waals surface area (Å²) in [4.78, 5) is 27.2. The minimum Gasteiger partial charge on any atom is -0.493 e. The van der Waals surface area contributed by atoms with Crippen molar-refractivity contribution >= 4 is 35.2 Å². The zero-order chi connectivity index (χ0) is 21.5. The van der Waals surface area contributed by atoms with Gasteiger partial charge in [-0.1, -0.05) is 17.7 Å². The summed E-state index contributed by atoms with van der Waals surface area (Å²) in [6.07, 6.45) is 6.18. The fraction of sp³-hybridized carbons (Fsp3) is 0.304. The van der Waals surface area contributed by atoms with E-state index in [2.05, 4.69) is 5.32 Å². The molecule has 0 unspecified atom stereocenters. The first-order valence-electron chi connectivity index (χ1n) is 9.81. The van der Waals surface area contributed by atoms with Crippen LogP contribution in [-0.4, -0.2) is 44.0 Å².